The molecule has 2 aromatic rings. The predicted octanol–water partition coefficient (Wildman–Crippen LogP) is 1.42. The molecule has 1 aliphatic heterocycles. The van der Waals surface area contributed by atoms with Gasteiger partial charge in [0.15, 0.2) is 0 Å². The molecule has 1 fully saturated rings. The summed E-state index contributed by atoms with van der Waals surface area (Å²) in [6.07, 6.45) is 6.07. The van der Waals surface area contributed by atoms with Crippen molar-refractivity contribution >= 4 is 15.9 Å². The van der Waals surface area contributed by atoms with Gasteiger partial charge in [-0.1, -0.05) is 6.07 Å². The Labute approximate surface area is 159 Å². The molecule has 7 nitrogen and oxygen atoms in total. The lowest BCUT2D eigenvalue weighted by molar-refractivity contribution is 0.0691. The summed E-state index contributed by atoms with van der Waals surface area (Å²) in [7, 11) is -3.54. The van der Waals surface area contributed by atoms with E-state index in [1.165, 1.54) is 16.1 Å². The van der Waals surface area contributed by atoms with Crippen LogP contribution in [0.1, 0.15) is 33.7 Å². The quantitative estimate of drug-likeness (QED) is 0.797. The first-order valence-electron chi connectivity index (χ1n) is 9.15. The van der Waals surface area contributed by atoms with Crippen LogP contribution in [0, 0.1) is 6.92 Å². The molecule has 8 heteroatoms. The van der Waals surface area contributed by atoms with Gasteiger partial charge in [0.25, 0.3) is 5.91 Å². The number of aryl methyl sites for hydroxylation is 3. The molecule has 0 atom stereocenters. The zero-order chi connectivity index (χ0) is 19.0. The number of amides is 1. The van der Waals surface area contributed by atoms with E-state index in [4.69, 9.17) is 0 Å². The Morgan fingerprint density at radius 2 is 1.74 bits per heavy atom. The van der Waals surface area contributed by atoms with Crippen LogP contribution < -0.4 is 0 Å². The predicted molar refractivity (Wildman–Crippen MR) is 99.9 cm³/mol. The molecule has 1 aliphatic carbocycles. The largest absolute Gasteiger partial charge is 0.335 e. The van der Waals surface area contributed by atoms with E-state index in [0.29, 0.717) is 18.0 Å². The maximum Gasteiger partial charge on any atom is 0.274 e. The average molecular weight is 386 g/mol. The lowest BCUT2D eigenvalue weighted by Gasteiger charge is -2.33. The average Bonchev–Trinajstić information content (AvgIpc) is 3.16. The van der Waals surface area contributed by atoms with Crippen molar-refractivity contribution in [3.8, 4) is 0 Å². The van der Waals surface area contributed by atoms with Crippen molar-refractivity contribution in [2.24, 2.45) is 0 Å². The fourth-order valence-electron chi connectivity index (χ4n) is 3.65. The fourth-order valence-corrected chi connectivity index (χ4v) is 5.13. The normalized spacial score (nSPS) is 17.7. The number of sulfonamides is 1. The lowest BCUT2D eigenvalue weighted by Crippen LogP contribution is -2.50. The number of fused-ring (bicyclic) bond motifs is 1. The third kappa shape index (κ3) is 3.46. The number of rotatable bonds is 3. The summed E-state index contributed by atoms with van der Waals surface area (Å²) in [4.78, 5) is 22.7. The number of aromatic nitrogens is 2. The third-order valence-electron chi connectivity index (χ3n) is 5.23. The summed E-state index contributed by atoms with van der Waals surface area (Å²) in [6.45, 7) is 3.07. The van der Waals surface area contributed by atoms with Crippen LogP contribution >= 0.6 is 0 Å². The van der Waals surface area contributed by atoms with Crippen molar-refractivity contribution in [3.05, 3.63) is 53.1 Å². The third-order valence-corrected chi connectivity index (χ3v) is 7.13. The monoisotopic (exact) mass is 386 g/mol. The molecule has 142 valence electrons. The minimum atomic E-state index is -3.54. The number of hydrogen-bond donors (Lipinski definition) is 0. The number of piperazine rings is 1. The first kappa shape index (κ1) is 18.1. The molecule has 0 N–H and O–H groups in total. The zero-order valence-electron chi connectivity index (χ0n) is 15.3. The zero-order valence-corrected chi connectivity index (χ0v) is 16.1. The van der Waals surface area contributed by atoms with E-state index in [9.17, 15) is 13.2 Å². The number of nitrogens with zero attached hydrogens (tertiary/aromatic N) is 4. The molecule has 27 heavy (non-hydrogen) atoms. The van der Waals surface area contributed by atoms with Gasteiger partial charge in [0.1, 0.15) is 5.69 Å². The molecule has 0 saturated carbocycles. The molecule has 0 radical (unpaired) electrons. The highest BCUT2D eigenvalue weighted by Gasteiger charge is 2.31. The SMILES string of the molecule is Cc1cnc(C(=O)N2CCN(S(=O)(=O)c3ccc4c(c3)CCC4)CC2)cn1. The molecule has 1 amide bonds. The minimum Gasteiger partial charge on any atom is -0.335 e. The Bertz CT molecular complexity index is 965. The van der Waals surface area contributed by atoms with Gasteiger partial charge in [0.05, 0.1) is 16.8 Å². The molecular weight excluding hydrogens is 364 g/mol. The first-order chi connectivity index (χ1) is 12.9. The Kier molecular flexibility index (Phi) is 4.69. The second kappa shape index (κ2) is 7.01. The van der Waals surface area contributed by atoms with Gasteiger partial charge in [-0.3, -0.25) is 9.78 Å². The molecule has 1 aromatic carbocycles. The van der Waals surface area contributed by atoms with Gasteiger partial charge in [-0.2, -0.15) is 4.31 Å². The fraction of sp³-hybridized carbons (Fsp3) is 0.421. The standard InChI is InChI=1S/C19H22N4O3S/c1-14-12-21-18(13-20-14)19(24)22-7-9-23(10-8-22)27(25,26)17-6-5-15-3-2-4-16(15)11-17/h5-6,11-13H,2-4,7-10H2,1H3. The Balaban J connectivity index is 1.45. The van der Waals surface area contributed by atoms with E-state index in [2.05, 4.69) is 9.97 Å². The number of carbonyl (C=O) groups excluding carboxylic acids is 1. The molecular formula is C19H22N4O3S. The minimum absolute atomic E-state index is 0.211. The summed E-state index contributed by atoms with van der Waals surface area (Å²) < 4.78 is 27.4. The Morgan fingerprint density at radius 3 is 2.44 bits per heavy atom. The van der Waals surface area contributed by atoms with Crippen molar-refractivity contribution in [1.29, 1.82) is 0 Å². The van der Waals surface area contributed by atoms with Crippen molar-refractivity contribution in [1.82, 2.24) is 19.2 Å². The summed E-state index contributed by atoms with van der Waals surface area (Å²) in [5, 5.41) is 0. The van der Waals surface area contributed by atoms with Crippen LogP contribution in [0.4, 0.5) is 0 Å². The summed E-state index contributed by atoms with van der Waals surface area (Å²) in [6, 6.07) is 5.46. The van der Waals surface area contributed by atoms with Gasteiger partial charge in [-0.25, -0.2) is 13.4 Å². The Hall–Kier alpha value is -2.32. The van der Waals surface area contributed by atoms with Gasteiger partial charge in [-0.05, 0) is 49.4 Å². The van der Waals surface area contributed by atoms with E-state index in [1.807, 2.05) is 19.1 Å². The van der Waals surface area contributed by atoms with Crippen LogP contribution in [0.25, 0.3) is 0 Å². The van der Waals surface area contributed by atoms with E-state index in [1.54, 1.807) is 17.2 Å². The first-order valence-corrected chi connectivity index (χ1v) is 10.6. The number of hydrogen-bond acceptors (Lipinski definition) is 5. The topological polar surface area (TPSA) is 83.5 Å². The van der Waals surface area contributed by atoms with Gasteiger partial charge >= 0.3 is 0 Å². The molecule has 2 heterocycles. The lowest BCUT2D eigenvalue weighted by atomic mass is 10.1. The van der Waals surface area contributed by atoms with Crippen LogP contribution in [0.2, 0.25) is 0 Å². The van der Waals surface area contributed by atoms with Gasteiger partial charge in [0, 0.05) is 32.4 Å². The summed E-state index contributed by atoms with van der Waals surface area (Å²) >= 11 is 0. The van der Waals surface area contributed by atoms with E-state index in [0.717, 1.165) is 30.5 Å². The van der Waals surface area contributed by atoms with Crippen LogP contribution in [0.3, 0.4) is 0 Å². The maximum atomic E-state index is 13.0. The van der Waals surface area contributed by atoms with Crippen molar-refractivity contribution in [2.75, 3.05) is 26.2 Å². The molecule has 0 unspecified atom stereocenters. The van der Waals surface area contributed by atoms with Crippen LogP contribution in [0.15, 0.2) is 35.5 Å². The highest BCUT2D eigenvalue weighted by molar-refractivity contribution is 7.89. The smallest absolute Gasteiger partial charge is 0.274 e. The highest BCUT2D eigenvalue weighted by Crippen LogP contribution is 2.26. The van der Waals surface area contributed by atoms with E-state index in [-0.39, 0.29) is 24.7 Å². The van der Waals surface area contributed by atoms with Gasteiger partial charge in [0.2, 0.25) is 10.0 Å². The molecule has 2 aliphatic rings. The van der Waals surface area contributed by atoms with Crippen molar-refractivity contribution < 1.29 is 13.2 Å². The number of carbonyl (C=O) groups is 1. The van der Waals surface area contributed by atoms with Crippen LogP contribution in [-0.2, 0) is 22.9 Å². The summed E-state index contributed by atoms with van der Waals surface area (Å²) in [5.41, 5.74) is 3.43. The highest BCUT2D eigenvalue weighted by atomic mass is 32.2. The number of benzene rings is 1. The van der Waals surface area contributed by atoms with Gasteiger partial charge in [-0.15, -0.1) is 0 Å². The second-order valence-corrected chi connectivity index (χ2v) is 8.96. The molecule has 1 aromatic heterocycles. The summed E-state index contributed by atoms with van der Waals surface area (Å²) in [5.74, 6) is -0.211. The van der Waals surface area contributed by atoms with Crippen molar-refractivity contribution in [2.45, 2.75) is 31.1 Å². The molecule has 1 saturated heterocycles. The Morgan fingerprint density at radius 1 is 1.00 bits per heavy atom. The van der Waals surface area contributed by atoms with E-state index >= 15 is 0 Å². The molecule has 4 rings (SSSR count). The maximum absolute atomic E-state index is 13.0. The van der Waals surface area contributed by atoms with Gasteiger partial charge < -0.3 is 4.90 Å². The van der Waals surface area contributed by atoms with Crippen molar-refractivity contribution in [3.63, 3.8) is 0 Å². The van der Waals surface area contributed by atoms with Crippen LogP contribution in [-0.4, -0.2) is 59.7 Å². The molecule has 0 spiro atoms. The molecule has 0 bridgehead atoms. The van der Waals surface area contributed by atoms with E-state index < -0.39 is 10.0 Å². The second-order valence-electron chi connectivity index (χ2n) is 7.02. The van der Waals surface area contributed by atoms with Crippen LogP contribution in [0.5, 0.6) is 0 Å².